The number of unbranched alkanes of at least 4 members (excludes halogenated alkanes) is 1. The van der Waals surface area contributed by atoms with Crippen molar-refractivity contribution in [2.45, 2.75) is 90.2 Å². The van der Waals surface area contributed by atoms with E-state index in [4.69, 9.17) is 14.0 Å². The first-order chi connectivity index (χ1) is 22.4. The molecule has 0 aliphatic heterocycles. The first-order valence-electron chi connectivity index (χ1n) is 16.4. The molecule has 1 aliphatic rings. The molecule has 0 saturated carbocycles. The highest BCUT2D eigenvalue weighted by Gasteiger charge is 2.30. The number of rotatable bonds is 11. The number of hydrogen-bond acceptors (Lipinski definition) is 7. The molecule has 1 aromatic heterocycles. The number of carbonyl (C=O) groups is 2. The minimum atomic E-state index is -0.563. The number of benzene rings is 3. The number of nitrogens with zero attached hydrogens (tertiary/aromatic N) is 2. The third-order valence-electron chi connectivity index (χ3n) is 8.19. The zero-order chi connectivity index (χ0) is 33.6. The molecule has 0 fully saturated rings. The van der Waals surface area contributed by atoms with E-state index in [1.54, 1.807) is 0 Å². The highest BCUT2D eigenvalue weighted by Crippen LogP contribution is 2.44. The lowest BCUT2D eigenvalue weighted by Gasteiger charge is -2.20. The Labute approximate surface area is 277 Å². The third kappa shape index (κ3) is 8.99. The van der Waals surface area contributed by atoms with Crippen LogP contribution in [-0.4, -0.2) is 41.1 Å². The van der Waals surface area contributed by atoms with Crippen molar-refractivity contribution in [1.29, 1.82) is 0 Å². The zero-order valence-corrected chi connectivity index (χ0v) is 28.3. The van der Waals surface area contributed by atoms with Crippen LogP contribution in [0.25, 0.3) is 11.1 Å². The molecule has 47 heavy (non-hydrogen) atoms. The number of amides is 2. The number of carbonyl (C=O) groups excluding carboxylic acids is 2. The van der Waals surface area contributed by atoms with Gasteiger partial charge in [-0.2, -0.15) is 4.98 Å². The van der Waals surface area contributed by atoms with E-state index in [1.165, 1.54) is 16.7 Å². The van der Waals surface area contributed by atoms with E-state index >= 15 is 0 Å². The monoisotopic (exact) mass is 638 g/mol. The van der Waals surface area contributed by atoms with Gasteiger partial charge in [-0.25, -0.2) is 9.59 Å². The molecule has 0 bridgehead atoms. The highest BCUT2D eigenvalue weighted by molar-refractivity contribution is 5.79. The van der Waals surface area contributed by atoms with Crippen LogP contribution in [0.4, 0.5) is 9.59 Å². The Morgan fingerprint density at radius 1 is 0.851 bits per heavy atom. The predicted octanol–water partition coefficient (Wildman–Crippen LogP) is 8.23. The molecule has 0 spiro atoms. The first-order valence-corrected chi connectivity index (χ1v) is 16.4. The Morgan fingerprint density at radius 2 is 1.49 bits per heavy atom. The molecule has 2 amide bonds. The van der Waals surface area contributed by atoms with Crippen LogP contribution < -0.4 is 10.6 Å². The summed E-state index contributed by atoms with van der Waals surface area (Å²) < 4.78 is 16.8. The predicted molar refractivity (Wildman–Crippen MR) is 181 cm³/mol. The van der Waals surface area contributed by atoms with Gasteiger partial charge < -0.3 is 24.6 Å². The average molecular weight is 639 g/mol. The van der Waals surface area contributed by atoms with Gasteiger partial charge in [0.25, 0.3) is 0 Å². The van der Waals surface area contributed by atoms with Crippen LogP contribution >= 0.6 is 0 Å². The van der Waals surface area contributed by atoms with Crippen molar-refractivity contribution in [2.24, 2.45) is 0 Å². The van der Waals surface area contributed by atoms with Crippen LogP contribution in [0.2, 0.25) is 0 Å². The van der Waals surface area contributed by atoms with E-state index in [9.17, 15) is 9.59 Å². The third-order valence-corrected chi connectivity index (χ3v) is 8.19. The summed E-state index contributed by atoms with van der Waals surface area (Å²) in [5.41, 5.74) is 6.45. The van der Waals surface area contributed by atoms with Crippen LogP contribution in [0.1, 0.15) is 107 Å². The summed E-state index contributed by atoms with van der Waals surface area (Å²) in [4.78, 5) is 29.9. The number of aromatic nitrogens is 2. The smallest absolute Gasteiger partial charge is 0.407 e. The van der Waals surface area contributed by atoms with E-state index in [1.807, 2.05) is 45.0 Å². The topological polar surface area (TPSA) is 116 Å². The molecule has 1 atom stereocenters. The molecule has 1 aliphatic carbocycles. The van der Waals surface area contributed by atoms with Crippen LogP contribution in [0.5, 0.6) is 0 Å². The van der Waals surface area contributed by atoms with E-state index in [-0.39, 0.29) is 17.9 Å². The van der Waals surface area contributed by atoms with E-state index in [0.717, 1.165) is 16.7 Å². The first kappa shape index (κ1) is 33.7. The largest absolute Gasteiger partial charge is 0.449 e. The van der Waals surface area contributed by atoms with Gasteiger partial charge in [0.1, 0.15) is 18.2 Å². The lowest BCUT2D eigenvalue weighted by atomic mass is 9.86. The quantitative estimate of drug-likeness (QED) is 0.159. The van der Waals surface area contributed by atoms with Gasteiger partial charge in [0.15, 0.2) is 5.82 Å². The molecule has 4 aromatic rings. The van der Waals surface area contributed by atoms with Crippen LogP contribution in [0, 0.1) is 0 Å². The van der Waals surface area contributed by atoms with Crippen LogP contribution in [0.3, 0.4) is 0 Å². The Bertz CT molecular complexity index is 1620. The van der Waals surface area contributed by atoms with Crippen LogP contribution in [0.15, 0.2) is 77.3 Å². The molecule has 2 N–H and O–H groups in total. The van der Waals surface area contributed by atoms with Crippen molar-refractivity contribution in [2.75, 3.05) is 13.2 Å². The van der Waals surface area contributed by atoms with Gasteiger partial charge in [-0.15, -0.1) is 0 Å². The maximum atomic E-state index is 13.2. The van der Waals surface area contributed by atoms with E-state index < -0.39 is 23.8 Å². The summed E-state index contributed by atoms with van der Waals surface area (Å²) in [6.45, 7) is 12.7. The summed E-state index contributed by atoms with van der Waals surface area (Å²) >= 11 is 0. The zero-order valence-electron chi connectivity index (χ0n) is 28.3. The Hall–Kier alpha value is -4.66. The normalized spacial score (nSPS) is 13.4. The molecule has 9 nitrogen and oxygen atoms in total. The molecule has 3 aromatic carbocycles. The van der Waals surface area contributed by atoms with Crippen LogP contribution in [-0.2, 0) is 21.3 Å². The van der Waals surface area contributed by atoms with Gasteiger partial charge in [-0.3, -0.25) is 0 Å². The number of ether oxygens (including phenoxy) is 2. The lowest BCUT2D eigenvalue weighted by molar-refractivity contribution is 0.0527. The Balaban J connectivity index is 1.23. The summed E-state index contributed by atoms with van der Waals surface area (Å²) in [6, 6.07) is 24.3. The summed E-state index contributed by atoms with van der Waals surface area (Å²) in [7, 11) is 0. The minimum absolute atomic E-state index is 0.0507. The molecule has 0 radical (unpaired) electrons. The molecular weight excluding hydrogens is 592 g/mol. The Morgan fingerprint density at radius 3 is 2.11 bits per heavy atom. The highest BCUT2D eigenvalue weighted by atomic mass is 16.6. The Kier molecular flexibility index (Phi) is 10.3. The number of hydrogen-bond donors (Lipinski definition) is 2. The van der Waals surface area contributed by atoms with Gasteiger partial charge in [0, 0.05) is 18.9 Å². The van der Waals surface area contributed by atoms with Gasteiger partial charge in [-0.05, 0) is 78.8 Å². The number of nitrogens with one attached hydrogen (secondary N) is 2. The maximum absolute atomic E-state index is 13.2. The number of fused-ring (bicyclic) bond motifs is 3. The fourth-order valence-corrected chi connectivity index (χ4v) is 5.80. The molecular formula is C38H46N4O5. The van der Waals surface area contributed by atoms with Gasteiger partial charge in [-0.1, -0.05) is 98.7 Å². The van der Waals surface area contributed by atoms with Crippen molar-refractivity contribution in [3.63, 3.8) is 0 Å². The fourth-order valence-electron chi connectivity index (χ4n) is 5.80. The molecule has 9 heteroatoms. The molecule has 0 unspecified atom stereocenters. The van der Waals surface area contributed by atoms with Gasteiger partial charge >= 0.3 is 12.2 Å². The SMILES string of the molecule is CC(C)(C)OC(=O)NCCCC[C@H](NC(=O)OCC1c2ccccc2-c2ccccc21)c1nc(Cc2ccc(C(C)(C)C)cc2)no1. The molecule has 0 saturated heterocycles. The lowest BCUT2D eigenvalue weighted by Crippen LogP contribution is -2.33. The second-order valence-electron chi connectivity index (χ2n) is 14.1. The molecule has 248 valence electrons. The van der Waals surface area contributed by atoms with Gasteiger partial charge in [0.05, 0.1) is 0 Å². The number of alkyl carbamates (subject to hydrolysis) is 2. The van der Waals surface area contributed by atoms with E-state index in [2.05, 4.69) is 90.1 Å². The molecule has 5 rings (SSSR count). The van der Waals surface area contributed by atoms with Crippen molar-refractivity contribution in [3.05, 3.63) is 107 Å². The minimum Gasteiger partial charge on any atom is -0.449 e. The van der Waals surface area contributed by atoms with E-state index in [0.29, 0.717) is 43.9 Å². The fraction of sp³-hybridized carbons (Fsp3) is 0.421. The van der Waals surface area contributed by atoms with Crippen molar-refractivity contribution in [3.8, 4) is 11.1 Å². The standard InChI is InChI=1S/C38H46N4O5/c1-37(2,3)26-20-18-25(19-21-26)23-33-41-34(47-42-33)32(17-11-12-22-39-35(43)46-38(4,5)6)40-36(44)45-24-31-29-15-9-7-13-27(29)28-14-8-10-16-30(28)31/h7-10,13-16,18-21,31-32H,11-12,17,22-24H2,1-6H3,(H,39,43)(H,40,44)/t32-/m0/s1. The average Bonchev–Trinajstić information content (AvgIpc) is 3.61. The van der Waals surface area contributed by atoms with Crippen molar-refractivity contribution >= 4 is 12.2 Å². The maximum Gasteiger partial charge on any atom is 0.407 e. The summed E-state index contributed by atoms with van der Waals surface area (Å²) in [5, 5.41) is 9.97. The van der Waals surface area contributed by atoms with Gasteiger partial charge in [0.2, 0.25) is 5.89 Å². The summed E-state index contributed by atoms with van der Waals surface area (Å²) in [6.07, 6.45) is 1.36. The summed E-state index contributed by atoms with van der Waals surface area (Å²) in [5.74, 6) is 0.805. The molecule has 1 heterocycles. The van der Waals surface area contributed by atoms with Crippen molar-refractivity contribution < 1.29 is 23.6 Å². The second kappa shape index (κ2) is 14.4. The second-order valence-corrected chi connectivity index (χ2v) is 14.1. The van der Waals surface area contributed by atoms with Crippen molar-refractivity contribution in [1.82, 2.24) is 20.8 Å².